The van der Waals surface area contributed by atoms with E-state index in [1.165, 1.54) is 6.92 Å². The van der Waals surface area contributed by atoms with Crippen LogP contribution < -0.4 is 14.2 Å². The summed E-state index contributed by atoms with van der Waals surface area (Å²) in [7, 11) is 1.69. The van der Waals surface area contributed by atoms with Crippen LogP contribution in [-0.2, 0) is 17.6 Å². The zero-order valence-electron chi connectivity index (χ0n) is 16.8. The molecule has 0 unspecified atom stereocenters. The molecule has 27 heavy (non-hydrogen) atoms. The molecule has 0 heterocycles. The van der Waals surface area contributed by atoms with Crippen molar-refractivity contribution in [3.63, 3.8) is 0 Å². The summed E-state index contributed by atoms with van der Waals surface area (Å²) in [6, 6.07) is 11.5. The summed E-state index contributed by atoms with van der Waals surface area (Å²) in [4.78, 5) is 11.3. The molecule has 0 aliphatic rings. The first-order valence-corrected chi connectivity index (χ1v) is 9.73. The second-order valence-electron chi connectivity index (χ2n) is 6.65. The SMILES string of the molecule is CCCCc1cc(Oc2ccc(OC(C)=O)c(CCCC)c2)ccc1OC. The number of carbonyl (C=O) groups excluding carboxylic acids is 1. The molecule has 4 nitrogen and oxygen atoms in total. The fraction of sp³-hybridized carbons (Fsp3) is 0.435. The lowest BCUT2D eigenvalue weighted by molar-refractivity contribution is -0.131. The maximum absolute atomic E-state index is 11.3. The van der Waals surface area contributed by atoms with Crippen molar-refractivity contribution in [1.29, 1.82) is 0 Å². The van der Waals surface area contributed by atoms with Gasteiger partial charge in [0, 0.05) is 6.92 Å². The molecule has 0 saturated heterocycles. The fourth-order valence-corrected chi connectivity index (χ4v) is 2.95. The van der Waals surface area contributed by atoms with Gasteiger partial charge in [0.25, 0.3) is 0 Å². The van der Waals surface area contributed by atoms with E-state index in [1.807, 2.05) is 36.4 Å². The van der Waals surface area contributed by atoms with Gasteiger partial charge in [0.2, 0.25) is 0 Å². The van der Waals surface area contributed by atoms with Crippen LogP contribution in [0.15, 0.2) is 36.4 Å². The Morgan fingerprint density at radius 2 is 1.37 bits per heavy atom. The van der Waals surface area contributed by atoms with E-state index in [4.69, 9.17) is 14.2 Å². The number of benzene rings is 2. The van der Waals surface area contributed by atoms with Crippen molar-refractivity contribution >= 4 is 5.97 Å². The van der Waals surface area contributed by atoms with Crippen LogP contribution in [0.4, 0.5) is 0 Å². The second-order valence-corrected chi connectivity index (χ2v) is 6.65. The minimum atomic E-state index is -0.308. The predicted octanol–water partition coefficient (Wildman–Crippen LogP) is 6.10. The Labute approximate surface area is 162 Å². The van der Waals surface area contributed by atoms with E-state index in [2.05, 4.69) is 13.8 Å². The lowest BCUT2D eigenvalue weighted by Crippen LogP contribution is -2.04. The topological polar surface area (TPSA) is 44.8 Å². The van der Waals surface area contributed by atoms with E-state index in [1.54, 1.807) is 7.11 Å². The van der Waals surface area contributed by atoms with Gasteiger partial charge in [-0.3, -0.25) is 4.79 Å². The highest BCUT2D eigenvalue weighted by molar-refractivity contribution is 5.70. The van der Waals surface area contributed by atoms with Gasteiger partial charge in [-0.2, -0.15) is 0 Å². The largest absolute Gasteiger partial charge is 0.496 e. The zero-order valence-corrected chi connectivity index (χ0v) is 16.8. The average Bonchev–Trinajstić information content (AvgIpc) is 2.66. The summed E-state index contributed by atoms with van der Waals surface area (Å²) in [6.45, 7) is 5.74. The van der Waals surface area contributed by atoms with E-state index < -0.39 is 0 Å². The van der Waals surface area contributed by atoms with Crippen molar-refractivity contribution in [1.82, 2.24) is 0 Å². The molecular formula is C23H30O4. The maximum atomic E-state index is 11.3. The highest BCUT2D eigenvalue weighted by Crippen LogP contribution is 2.32. The van der Waals surface area contributed by atoms with E-state index in [0.717, 1.165) is 66.9 Å². The van der Waals surface area contributed by atoms with Gasteiger partial charge in [0.05, 0.1) is 7.11 Å². The molecule has 0 saturated carbocycles. The summed E-state index contributed by atoms with van der Waals surface area (Å²) >= 11 is 0. The van der Waals surface area contributed by atoms with Crippen LogP contribution >= 0.6 is 0 Å². The van der Waals surface area contributed by atoms with Gasteiger partial charge in [0.15, 0.2) is 0 Å². The Morgan fingerprint density at radius 1 is 0.852 bits per heavy atom. The third-order valence-corrected chi connectivity index (χ3v) is 4.37. The Hall–Kier alpha value is -2.49. The van der Waals surface area contributed by atoms with Gasteiger partial charge in [0.1, 0.15) is 23.0 Å². The number of rotatable bonds is 10. The Morgan fingerprint density at radius 3 is 1.85 bits per heavy atom. The number of hydrogen-bond donors (Lipinski definition) is 0. The lowest BCUT2D eigenvalue weighted by atomic mass is 10.1. The molecule has 0 aromatic heterocycles. The van der Waals surface area contributed by atoms with Gasteiger partial charge < -0.3 is 14.2 Å². The third-order valence-electron chi connectivity index (χ3n) is 4.37. The van der Waals surface area contributed by atoms with Crippen molar-refractivity contribution in [2.75, 3.05) is 7.11 Å². The number of carbonyl (C=O) groups is 1. The minimum absolute atomic E-state index is 0.308. The number of hydrogen-bond acceptors (Lipinski definition) is 4. The second kappa shape index (κ2) is 10.6. The molecule has 2 rings (SSSR count). The minimum Gasteiger partial charge on any atom is -0.496 e. The molecule has 0 amide bonds. The van der Waals surface area contributed by atoms with Crippen LogP contribution in [-0.4, -0.2) is 13.1 Å². The van der Waals surface area contributed by atoms with Gasteiger partial charge >= 0.3 is 5.97 Å². The van der Waals surface area contributed by atoms with Crippen LogP contribution in [0.1, 0.15) is 57.6 Å². The first-order valence-electron chi connectivity index (χ1n) is 9.73. The molecule has 2 aromatic rings. The summed E-state index contributed by atoms with van der Waals surface area (Å²) in [5.41, 5.74) is 2.14. The Bertz CT molecular complexity index is 752. The van der Waals surface area contributed by atoms with E-state index in [9.17, 15) is 4.79 Å². The molecule has 146 valence electrons. The van der Waals surface area contributed by atoms with Gasteiger partial charge in [-0.15, -0.1) is 0 Å². The Kier molecular flexibility index (Phi) is 8.18. The van der Waals surface area contributed by atoms with E-state index in [-0.39, 0.29) is 5.97 Å². The first kappa shape index (κ1) is 20.8. The molecule has 2 aromatic carbocycles. The molecule has 0 bridgehead atoms. The Balaban J connectivity index is 2.23. The summed E-state index contributed by atoms with van der Waals surface area (Å²) in [5.74, 6) is 2.72. The van der Waals surface area contributed by atoms with Crippen molar-refractivity contribution in [3.05, 3.63) is 47.5 Å². The summed E-state index contributed by atoms with van der Waals surface area (Å²) < 4.78 is 16.9. The number of unbranched alkanes of at least 4 members (excludes halogenated alkanes) is 2. The smallest absolute Gasteiger partial charge is 0.308 e. The number of ether oxygens (including phenoxy) is 3. The third kappa shape index (κ3) is 6.31. The van der Waals surface area contributed by atoms with Crippen LogP contribution in [0.2, 0.25) is 0 Å². The van der Waals surface area contributed by atoms with E-state index >= 15 is 0 Å². The molecule has 0 spiro atoms. The monoisotopic (exact) mass is 370 g/mol. The molecule has 4 heteroatoms. The lowest BCUT2D eigenvalue weighted by Gasteiger charge is -2.14. The van der Waals surface area contributed by atoms with Crippen LogP contribution in [0, 0.1) is 0 Å². The molecular weight excluding hydrogens is 340 g/mol. The number of aryl methyl sites for hydroxylation is 2. The van der Waals surface area contributed by atoms with Crippen molar-refractivity contribution in [2.45, 2.75) is 59.3 Å². The molecule has 0 aliphatic carbocycles. The van der Waals surface area contributed by atoms with Gasteiger partial charge in [-0.05, 0) is 73.2 Å². The summed E-state index contributed by atoms with van der Waals surface area (Å²) in [5, 5.41) is 0. The molecule has 0 fully saturated rings. The van der Waals surface area contributed by atoms with Crippen LogP contribution in [0.3, 0.4) is 0 Å². The summed E-state index contributed by atoms with van der Waals surface area (Å²) in [6.07, 6.45) is 6.15. The zero-order chi connectivity index (χ0) is 19.6. The quantitative estimate of drug-likeness (QED) is 0.374. The normalized spacial score (nSPS) is 10.5. The predicted molar refractivity (Wildman–Crippen MR) is 108 cm³/mol. The van der Waals surface area contributed by atoms with E-state index in [0.29, 0.717) is 5.75 Å². The van der Waals surface area contributed by atoms with Crippen molar-refractivity contribution in [3.8, 4) is 23.0 Å². The molecule has 0 radical (unpaired) electrons. The van der Waals surface area contributed by atoms with Gasteiger partial charge in [-0.1, -0.05) is 26.7 Å². The maximum Gasteiger partial charge on any atom is 0.308 e. The van der Waals surface area contributed by atoms with Crippen molar-refractivity contribution < 1.29 is 19.0 Å². The number of esters is 1. The van der Waals surface area contributed by atoms with Crippen LogP contribution in [0.25, 0.3) is 0 Å². The highest BCUT2D eigenvalue weighted by Gasteiger charge is 2.10. The fourth-order valence-electron chi connectivity index (χ4n) is 2.95. The molecule has 0 N–H and O–H groups in total. The standard InChI is InChI=1S/C23H30O4/c1-5-7-9-18-15-20(11-13-22(18)25-4)27-21-12-14-23(26-17(3)24)19(16-21)10-8-6-2/h11-16H,5-10H2,1-4H3. The van der Waals surface area contributed by atoms with Gasteiger partial charge in [-0.25, -0.2) is 0 Å². The average molecular weight is 370 g/mol. The highest BCUT2D eigenvalue weighted by atomic mass is 16.5. The van der Waals surface area contributed by atoms with Crippen molar-refractivity contribution in [2.24, 2.45) is 0 Å². The number of methoxy groups -OCH3 is 1. The molecule has 0 atom stereocenters. The molecule has 0 aliphatic heterocycles. The first-order chi connectivity index (χ1) is 13.1. The van der Waals surface area contributed by atoms with Crippen LogP contribution in [0.5, 0.6) is 23.0 Å².